The summed E-state index contributed by atoms with van der Waals surface area (Å²) in [6, 6.07) is 14.1. The average Bonchev–Trinajstić information content (AvgIpc) is 3.26. The number of imide groups is 1. The molecule has 10 heteroatoms. The van der Waals surface area contributed by atoms with Crippen LogP contribution in [0.4, 0.5) is 0 Å². The van der Waals surface area contributed by atoms with Crippen molar-refractivity contribution in [3.05, 3.63) is 59.7 Å². The quantitative estimate of drug-likeness (QED) is 0.298. The number of para-hydroxylation sites is 1. The third kappa shape index (κ3) is 3.07. The molecule has 3 heterocycles. The van der Waals surface area contributed by atoms with Gasteiger partial charge in [-0.05, 0) is 18.2 Å². The van der Waals surface area contributed by atoms with Crippen LogP contribution in [0, 0.1) is 0 Å². The molecule has 1 aliphatic rings. The van der Waals surface area contributed by atoms with Crippen LogP contribution in [-0.2, 0) is 9.53 Å². The van der Waals surface area contributed by atoms with Crippen LogP contribution in [-0.4, -0.2) is 55.3 Å². The second kappa shape index (κ2) is 7.23. The fraction of sp³-hybridized carbons (Fsp3) is 0.100. The van der Waals surface area contributed by atoms with Crippen molar-refractivity contribution in [3.8, 4) is 0 Å². The van der Waals surface area contributed by atoms with Gasteiger partial charge in [0.25, 0.3) is 11.8 Å². The Balaban J connectivity index is 1.21. The summed E-state index contributed by atoms with van der Waals surface area (Å²) < 4.78 is 5.10. The first-order chi connectivity index (χ1) is 14.6. The maximum absolute atomic E-state index is 12.3. The molecule has 0 aliphatic carbocycles. The number of carbonyl (C=O) groups is 3. The highest BCUT2D eigenvalue weighted by Crippen LogP contribution is 2.24. The number of aromatic amines is 1. The summed E-state index contributed by atoms with van der Waals surface area (Å²) in [5, 5.41) is 9.46. The van der Waals surface area contributed by atoms with Crippen LogP contribution in [0.25, 0.3) is 22.1 Å². The molecule has 5 rings (SSSR count). The van der Waals surface area contributed by atoms with E-state index in [1.165, 1.54) is 0 Å². The second-order valence-corrected chi connectivity index (χ2v) is 7.42. The topological polar surface area (TPSA) is 118 Å². The largest absolute Gasteiger partial charge is 0.443 e. The van der Waals surface area contributed by atoms with Crippen LogP contribution >= 0.6 is 11.8 Å². The van der Waals surface area contributed by atoms with Gasteiger partial charge in [-0.1, -0.05) is 42.1 Å². The van der Waals surface area contributed by atoms with Crippen LogP contribution < -0.4 is 0 Å². The van der Waals surface area contributed by atoms with Gasteiger partial charge in [-0.25, -0.2) is 9.88 Å². The Morgan fingerprint density at radius 1 is 1.00 bits per heavy atom. The SMILES string of the molecule is O=C(CSc1nnc2c(n1)[nH]c1ccccc12)OCN1C(=O)c2ccccc2C1=O. The first-order valence-electron chi connectivity index (χ1n) is 8.96. The summed E-state index contributed by atoms with van der Waals surface area (Å²) in [5.41, 5.74) is 2.74. The summed E-state index contributed by atoms with van der Waals surface area (Å²) in [5.74, 6) is -1.64. The summed E-state index contributed by atoms with van der Waals surface area (Å²) in [6.07, 6.45) is 0. The third-order valence-corrected chi connectivity index (χ3v) is 5.47. The molecule has 2 aromatic heterocycles. The van der Waals surface area contributed by atoms with E-state index in [1.54, 1.807) is 24.3 Å². The Morgan fingerprint density at radius 3 is 2.47 bits per heavy atom. The standard InChI is InChI=1S/C20H13N5O4S/c26-15(29-10-25-18(27)11-5-1-2-6-12(11)19(25)28)9-30-20-22-17-16(23-24-20)13-7-3-4-8-14(13)21-17/h1-8H,9-10H2,(H,21,22,24). The molecule has 4 aromatic rings. The molecule has 0 radical (unpaired) electrons. The van der Waals surface area contributed by atoms with Gasteiger partial charge < -0.3 is 9.72 Å². The molecular formula is C20H13N5O4S. The molecule has 2 amide bonds. The Kier molecular flexibility index (Phi) is 4.40. The number of hydrogen-bond donors (Lipinski definition) is 1. The van der Waals surface area contributed by atoms with Crippen molar-refractivity contribution in [1.82, 2.24) is 25.1 Å². The van der Waals surface area contributed by atoms with Gasteiger partial charge in [0.05, 0.1) is 16.9 Å². The van der Waals surface area contributed by atoms with Crippen molar-refractivity contribution in [2.45, 2.75) is 5.16 Å². The van der Waals surface area contributed by atoms with Gasteiger partial charge in [0, 0.05) is 10.9 Å². The number of rotatable bonds is 5. The molecule has 0 saturated heterocycles. The minimum atomic E-state index is -0.600. The zero-order chi connectivity index (χ0) is 20.7. The average molecular weight is 419 g/mol. The highest BCUT2D eigenvalue weighted by Gasteiger charge is 2.35. The molecule has 0 atom stereocenters. The van der Waals surface area contributed by atoms with Gasteiger partial charge in [0.15, 0.2) is 12.4 Å². The van der Waals surface area contributed by atoms with Gasteiger partial charge in [-0.2, -0.15) is 0 Å². The lowest BCUT2D eigenvalue weighted by Crippen LogP contribution is -2.33. The number of hydrogen-bond acceptors (Lipinski definition) is 8. The van der Waals surface area contributed by atoms with E-state index in [4.69, 9.17) is 4.74 Å². The lowest BCUT2D eigenvalue weighted by atomic mass is 10.1. The highest BCUT2D eigenvalue weighted by molar-refractivity contribution is 7.99. The Morgan fingerprint density at radius 2 is 1.70 bits per heavy atom. The molecule has 0 spiro atoms. The van der Waals surface area contributed by atoms with E-state index in [0.717, 1.165) is 27.6 Å². The smallest absolute Gasteiger partial charge is 0.318 e. The minimum Gasteiger partial charge on any atom is -0.443 e. The van der Waals surface area contributed by atoms with Crippen molar-refractivity contribution in [2.75, 3.05) is 12.5 Å². The predicted octanol–water partition coefficient (Wildman–Crippen LogP) is 2.40. The molecule has 0 saturated carbocycles. The fourth-order valence-corrected chi connectivity index (χ4v) is 3.81. The maximum atomic E-state index is 12.3. The van der Waals surface area contributed by atoms with E-state index in [2.05, 4.69) is 20.2 Å². The molecule has 148 valence electrons. The molecule has 0 fully saturated rings. The van der Waals surface area contributed by atoms with E-state index in [1.807, 2.05) is 24.3 Å². The monoisotopic (exact) mass is 419 g/mol. The number of nitrogens with one attached hydrogen (secondary N) is 1. The second-order valence-electron chi connectivity index (χ2n) is 6.48. The van der Waals surface area contributed by atoms with E-state index < -0.39 is 24.5 Å². The lowest BCUT2D eigenvalue weighted by molar-refractivity contribution is -0.142. The van der Waals surface area contributed by atoms with Gasteiger partial charge in [0.2, 0.25) is 5.16 Å². The van der Waals surface area contributed by atoms with E-state index in [-0.39, 0.29) is 5.75 Å². The lowest BCUT2D eigenvalue weighted by Gasteiger charge is -2.13. The van der Waals surface area contributed by atoms with Crippen molar-refractivity contribution in [2.24, 2.45) is 0 Å². The molecule has 1 aliphatic heterocycles. The first-order valence-corrected chi connectivity index (χ1v) is 9.95. The van der Waals surface area contributed by atoms with E-state index in [0.29, 0.717) is 27.4 Å². The van der Waals surface area contributed by atoms with Crippen LogP contribution in [0.1, 0.15) is 20.7 Å². The predicted molar refractivity (Wildman–Crippen MR) is 108 cm³/mol. The zero-order valence-corrected chi connectivity index (χ0v) is 16.2. The van der Waals surface area contributed by atoms with Crippen LogP contribution in [0.3, 0.4) is 0 Å². The molecule has 0 bridgehead atoms. The van der Waals surface area contributed by atoms with Crippen LogP contribution in [0.2, 0.25) is 0 Å². The highest BCUT2D eigenvalue weighted by atomic mass is 32.2. The number of nitrogens with zero attached hydrogens (tertiary/aromatic N) is 4. The summed E-state index contributed by atoms with van der Waals surface area (Å²) >= 11 is 1.06. The summed E-state index contributed by atoms with van der Waals surface area (Å²) in [4.78, 5) is 45.1. The number of aromatic nitrogens is 4. The van der Waals surface area contributed by atoms with E-state index >= 15 is 0 Å². The van der Waals surface area contributed by atoms with Crippen molar-refractivity contribution in [3.63, 3.8) is 0 Å². The number of carbonyl (C=O) groups excluding carboxylic acids is 3. The van der Waals surface area contributed by atoms with Gasteiger partial charge in [-0.3, -0.25) is 14.4 Å². The third-order valence-electron chi connectivity index (χ3n) is 4.65. The molecule has 30 heavy (non-hydrogen) atoms. The molecular weight excluding hydrogens is 406 g/mol. The molecule has 2 aromatic carbocycles. The van der Waals surface area contributed by atoms with Gasteiger partial charge >= 0.3 is 5.97 Å². The Labute approximate surface area is 173 Å². The molecule has 0 unspecified atom stereocenters. The summed E-state index contributed by atoms with van der Waals surface area (Å²) in [7, 11) is 0. The van der Waals surface area contributed by atoms with Crippen LogP contribution in [0.15, 0.2) is 53.7 Å². The minimum absolute atomic E-state index is 0.0867. The van der Waals surface area contributed by atoms with Crippen LogP contribution in [0.5, 0.6) is 0 Å². The Hall–Kier alpha value is -3.79. The van der Waals surface area contributed by atoms with Gasteiger partial charge in [-0.15, -0.1) is 10.2 Å². The number of H-pyrrole nitrogens is 1. The fourth-order valence-electron chi connectivity index (χ4n) is 3.23. The number of esters is 1. The number of thioether (sulfide) groups is 1. The normalized spacial score (nSPS) is 13.3. The zero-order valence-electron chi connectivity index (χ0n) is 15.4. The first kappa shape index (κ1) is 18.3. The number of ether oxygens (including phenoxy) is 1. The van der Waals surface area contributed by atoms with E-state index in [9.17, 15) is 14.4 Å². The summed E-state index contributed by atoms with van der Waals surface area (Å²) in [6.45, 7) is -0.439. The number of benzene rings is 2. The number of amides is 2. The number of fused-ring (bicyclic) bond motifs is 4. The van der Waals surface area contributed by atoms with Crippen molar-refractivity contribution < 1.29 is 19.1 Å². The van der Waals surface area contributed by atoms with Crippen molar-refractivity contribution >= 4 is 51.6 Å². The Bertz CT molecular complexity index is 1300. The molecule has 1 N–H and O–H groups in total. The van der Waals surface area contributed by atoms with Crippen molar-refractivity contribution in [1.29, 1.82) is 0 Å². The molecule has 9 nitrogen and oxygen atoms in total. The van der Waals surface area contributed by atoms with Gasteiger partial charge in [0.1, 0.15) is 5.52 Å². The maximum Gasteiger partial charge on any atom is 0.318 e.